The van der Waals surface area contributed by atoms with Gasteiger partial charge in [0.2, 0.25) is 0 Å². The van der Waals surface area contributed by atoms with Crippen LogP contribution in [0.1, 0.15) is 28.0 Å². The number of carbonyl (C=O) groups is 1. The quantitative estimate of drug-likeness (QED) is 0.298. The zero-order chi connectivity index (χ0) is 27.6. The van der Waals surface area contributed by atoms with Gasteiger partial charge in [0.15, 0.2) is 17.3 Å². The number of pyridine rings is 1. The third-order valence-corrected chi connectivity index (χ3v) is 5.92. The first kappa shape index (κ1) is 25.9. The van der Waals surface area contributed by atoms with Gasteiger partial charge < -0.3 is 20.5 Å². The number of para-hydroxylation sites is 1. The van der Waals surface area contributed by atoms with Gasteiger partial charge in [0.1, 0.15) is 11.6 Å². The Morgan fingerprint density at radius 2 is 1.90 bits per heavy atom. The number of hydrogen-bond acceptors (Lipinski definition) is 6. The number of aromatic nitrogens is 3. The Morgan fingerprint density at radius 1 is 1.10 bits per heavy atom. The molecule has 0 fully saturated rings. The molecule has 0 saturated carbocycles. The summed E-state index contributed by atoms with van der Waals surface area (Å²) in [5.74, 6) is -1.66. The molecule has 3 heterocycles. The number of anilines is 2. The summed E-state index contributed by atoms with van der Waals surface area (Å²) >= 11 is 0. The Labute approximate surface area is 219 Å². The molecular formula is C27H21F4N5O3. The van der Waals surface area contributed by atoms with Crippen LogP contribution in [0.25, 0.3) is 11.3 Å². The molecule has 4 aromatic rings. The standard InChI is InChI=1S/C27H21F4N5O3/c28-20-14-17(6-7-21(20)39-22-8-11-33-25(32)23(22)16-9-12-38-13-10-16)35-26(37)19-15-34-36(24(19)27(29,30)31)18-4-2-1-3-5-18/h1-9,11,14-15H,10,12-13H2,(H2,32,33)(H,35,37). The number of amides is 1. The minimum atomic E-state index is -4.88. The van der Waals surface area contributed by atoms with Crippen LogP contribution in [0.15, 0.2) is 73.1 Å². The third kappa shape index (κ3) is 5.46. The number of benzene rings is 2. The van der Waals surface area contributed by atoms with Crippen molar-refractivity contribution in [2.75, 3.05) is 24.3 Å². The molecule has 1 aliphatic rings. The fraction of sp³-hybridized carbons (Fsp3) is 0.148. The molecule has 5 rings (SSSR count). The number of hydrogen-bond donors (Lipinski definition) is 2. The summed E-state index contributed by atoms with van der Waals surface area (Å²) in [6.45, 7) is 0.884. The molecule has 0 unspecified atom stereocenters. The van der Waals surface area contributed by atoms with Crippen LogP contribution < -0.4 is 15.8 Å². The van der Waals surface area contributed by atoms with Gasteiger partial charge in [0.05, 0.1) is 36.2 Å². The van der Waals surface area contributed by atoms with Gasteiger partial charge in [0.25, 0.3) is 5.91 Å². The van der Waals surface area contributed by atoms with E-state index in [1.165, 1.54) is 30.5 Å². The summed E-state index contributed by atoms with van der Waals surface area (Å²) in [7, 11) is 0. The minimum absolute atomic E-state index is 0.0768. The van der Waals surface area contributed by atoms with Crippen molar-refractivity contribution < 1.29 is 31.8 Å². The molecule has 0 aliphatic carbocycles. The van der Waals surface area contributed by atoms with Crippen molar-refractivity contribution in [3.63, 3.8) is 0 Å². The highest BCUT2D eigenvalue weighted by molar-refractivity contribution is 6.05. The predicted octanol–water partition coefficient (Wildman–Crippen LogP) is 5.86. The van der Waals surface area contributed by atoms with E-state index in [2.05, 4.69) is 15.4 Å². The van der Waals surface area contributed by atoms with Crippen molar-refractivity contribution >= 4 is 23.0 Å². The van der Waals surface area contributed by atoms with Gasteiger partial charge in [-0.15, -0.1) is 0 Å². The second kappa shape index (κ2) is 10.6. The Kier molecular flexibility index (Phi) is 7.03. The zero-order valence-electron chi connectivity index (χ0n) is 20.2. The molecule has 0 spiro atoms. The summed E-state index contributed by atoms with van der Waals surface area (Å²) in [5.41, 5.74) is 5.51. The van der Waals surface area contributed by atoms with Crippen LogP contribution in [0, 0.1) is 5.82 Å². The molecule has 2 aromatic heterocycles. The van der Waals surface area contributed by atoms with Gasteiger partial charge in [-0.25, -0.2) is 14.1 Å². The van der Waals surface area contributed by atoms with E-state index in [0.717, 1.165) is 17.8 Å². The maximum atomic E-state index is 15.0. The highest BCUT2D eigenvalue weighted by Gasteiger charge is 2.40. The molecule has 3 N–H and O–H groups in total. The predicted molar refractivity (Wildman–Crippen MR) is 135 cm³/mol. The fourth-order valence-corrected chi connectivity index (χ4v) is 4.15. The molecule has 0 radical (unpaired) electrons. The van der Waals surface area contributed by atoms with Gasteiger partial charge in [-0.3, -0.25) is 4.79 Å². The number of nitrogen functional groups attached to an aromatic ring is 1. The first-order chi connectivity index (χ1) is 18.7. The van der Waals surface area contributed by atoms with Crippen LogP contribution in [0.5, 0.6) is 11.5 Å². The van der Waals surface area contributed by atoms with Crippen LogP contribution in [-0.4, -0.2) is 33.9 Å². The molecule has 1 amide bonds. The van der Waals surface area contributed by atoms with E-state index in [0.29, 0.717) is 29.9 Å². The van der Waals surface area contributed by atoms with E-state index in [1.54, 1.807) is 24.3 Å². The number of alkyl halides is 3. The smallest absolute Gasteiger partial charge is 0.434 e. The number of halogens is 4. The van der Waals surface area contributed by atoms with Crippen molar-refractivity contribution in [2.45, 2.75) is 12.6 Å². The maximum absolute atomic E-state index is 15.0. The summed E-state index contributed by atoms with van der Waals surface area (Å²) in [6.07, 6.45) is -0.228. The third-order valence-electron chi connectivity index (χ3n) is 5.92. The molecule has 8 nitrogen and oxygen atoms in total. The zero-order valence-corrected chi connectivity index (χ0v) is 20.2. The molecular weight excluding hydrogens is 518 g/mol. The van der Waals surface area contributed by atoms with Gasteiger partial charge >= 0.3 is 6.18 Å². The summed E-state index contributed by atoms with van der Waals surface area (Å²) in [4.78, 5) is 16.9. The van der Waals surface area contributed by atoms with E-state index >= 15 is 4.39 Å². The van der Waals surface area contributed by atoms with Crippen LogP contribution in [-0.2, 0) is 10.9 Å². The van der Waals surface area contributed by atoms with Crippen molar-refractivity contribution in [3.8, 4) is 17.2 Å². The highest BCUT2D eigenvalue weighted by Crippen LogP contribution is 2.37. The molecule has 0 bridgehead atoms. The van der Waals surface area contributed by atoms with Gasteiger partial charge in [-0.1, -0.05) is 24.3 Å². The summed E-state index contributed by atoms with van der Waals surface area (Å²) in [6, 6.07) is 12.6. The van der Waals surface area contributed by atoms with Crippen molar-refractivity contribution in [1.29, 1.82) is 0 Å². The topological polar surface area (TPSA) is 104 Å². The SMILES string of the molecule is Nc1nccc(Oc2ccc(NC(=O)c3cnn(-c4ccccc4)c3C(F)(F)F)cc2F)c1C1=CCOCC1. The van der Waals surface area contributed by atoms with Crippen LogP contribution in [0.2, 0.25) is 0 Å². The van der Waals surface area contributed by atoms with E-state index < -0.39 is 29.2 Å². The number of nitrogens with zero attached hydrogens (tertiary/aromatic N) is 3. The molecule has 12 heteroatoms. The number of carbonyl (C=O) groups excluding carboxylic acids is 1. The normalized spacial score (nSPS) is 13.6. The molecule has 39 heavy (non-hydrogen) atoms. The van der Waals surface area contributed by atoms with Crippen molar-refractivity contribution in [2.24, 2.45) is 0 Å². The van der Waals surface area contributed by atoms with Crippen molar-refractivity contribution in [3.05, 3.63) is 95.7 Å². The number of rotatable bonds is 6. The minimum Gasteiger partial charge on any atom is -0.453 e. The van der Waals surface area contributed by atoms with E-state index in [9.17, 15) is 18.0 Å². The molecule has 200 valence electrons. The van der Waals surface area contributed by atoms with Crippen LogP contribution in [0.4, 0.5) is 29.1 Å². The molecule has 0 saturated heterocycles. The van der Waals surface area contributed by atoms with Crippen LogP contribution in [0.3, 0.4) is 0 Å². The number of nitrogens with two attached hydrogens (primary N) is 1. The Balaban J connectivity index is 1.39. The summed E-state index contributed by atoms with van der Waals surface area (Å²) in [5, 5.41) is 6.06. The number of nitrogens with one attached hydrogen (secondary N) is 1. The van der Waals surface area contributed by atoms with Crippen molar-refractivity contribution in [1.82, 2.24) is 14.8 Å². The lowest BCUT2D eigenvalue weighted by Crippen LogP contribution is -2.20. The van der Waals surface area contributed by atoms with Gasteiger partial charge in [0, 0.05) is 18.0 Å². The Hall–Kier alpha value is -4.71. The second-order valence-corrected chi connectivity index (χ2v) is 8.48. The molecule has 1 aliphatic heterocycles. The van der Waals surface area contributed by atoms with Gasteiger partial charge in [-0.2, -0.15) is 18.3 Å². The molecule has 0 atom stereocenters. The van der Waals surface area contributed by atoms with Crippen LogP contribution >= 0.6 is 0 Å². The molecule has 2 aromatic carbocycles. The number of ether oxygens (including phenoxy) is 2. The van der Waals surface area contributed by atoms with E-state index in [-0.39, 0.29) is 28.7 Å². The first-order valence-corrected chi connectivity index (χ1v) is 11.7. The summed E-state index contributed by atoms with van der Waals surface area (Å²) < 4.78 is 68.5. The fourth-order valence-electron chi connectivity index (χ4n) is 4.15. The lowest BCUT2D eigenvalue weighted by molar-refractivity contribution is -0.143. The Morgan fingerprint density at radius 3 is 2.59 bits per heavy atom. The first-order valence-electron chi connectivity index (χ1n) is 11.7. The lowest BCUT2D eigenvalue weighted by atomic mass is 10.0. The average molecular weight is 539 g/mol. The second-order valence-electron chi connectivity index (χ2n) is 8.48. The van der Waals surface area contributed by atoms with Gasteiger partial charge in [-0.05, 0) is 42.3 Å². The Bertz CT molecular complexity index is 1550. The van der Waals surface area contributed by atoms with E-state index in [4.69, 9.17) is 15.2 Å². The average Bonchev–Trinajstić information content (AvgIpc) is 3.38. The maximum Gasteiger partial charge on any atom is 0.434 e. The highest BCUT2D eigenvalue weighted by atomic mass is 19.4. The largest absolute Gasteiger partial charge is 0.453 e. The monoisotopic (exact) mass is 539 g/mol. The lowest BCUT2D eigenvalue weighted by Gasteiger charge is -2.18. The van der Waals surface area contributed by atoms with E-state index in [1.807, 2.05) is 6.08 Å².